The Hall–Kier alpha value is -1.59. The average molecular weight is 278 g/mol. The molecule has 0 amide bonds. The topological polar surface area (TPSA) is 54.3 Å². The summed E-state index contributed by atoms with van der Waals surface area (Å²) in [5.74, 6) is 0.837. The van der Waals surface area contributed by atoms with Crippen molar-refractivity contribution in [2.75, 3.05) is 33.4 Å². The van der Waals surface area contributed by atoms with Crippen LogP contribution >= 0.6 is 0 Å². The van der Waals surface area contributed by atoms with Gasteiger partial charge < -0.3 is 19.6 Å². The molecule has 5 heteroatoms. The summed E-state index contributed by atoms with van der Waals surface area (Å²) in [5.41, 5.74) is 1.79. The summed E-state index contributed by atoms with van der Waals surface area (Å²) in [7, 11) is 2.09. The van der Waals surface area contributed by atoms with Gasteiger partial charge in [0.05, 0.1) is 12.3 Å². The molecule has 20 heavy (non-hydrogen) atoms. The van der Waals surface area contributed by atoms with Crippen LogP contribution in [0.2, 0.25) is 0 Å². The van der Waals surface area contributed by atoms with Crippen molar-refractivity contribution in [1.29, 1.82) is 0 Å². The molecule has 0 saturated carbocycles. The molecule has 1 atom stereocenters. The van der Waals surface area contributed by atoms with Crippen molar-refractivity contribution in [2.45, 2.75) is 19.4 Å². The van der Waals surface area contributed by atoms with Crippen molar-refractivity contribution in [1.82, 2.24) is 4.90 Å². The predicted molar refractivity (Wildman–Crippen MR) is 77.8 cm³/mol. The van der Waals surface area contributed by atoms with Crippen molar-refractivity contribution < 1.29 is 14.7 Å². The Bertz CT molecular complexity index is 445. The fraction of sp³-hybridized carbons (Fsp3) is 0.533. The molecule has 1 aliphatic rings. The monoisotopic (exact) mass is 278 g/mol. The van der Waals surface area contributed by atoms with Gasteiger partial charge >= 0.3 is 0 Å². The summed E-state index contributed by atoms with van der Waals surface area (Å²) < 4.78 is 11.4. The quantitative estimate of drug-likeness (QED) is 0.507. The van der Waals surface area contributed by atoms with Crippen molar-refractivity contribution in [3.8, 4) is 5.75 Å². The minimum Gasteiger partial charge on any atom is -0.491 e. The van der Waals surface area contributed by atoms with E-state index in [1.54, 1.807) is 6.92 Å². The summed E-state index contributed by atoms with van der Waals surface area (Å²) in [6, 6.07) is 7.84. The van der Waals surface area contributed by atoms with Gasteiger partial charge in [0.1, 0.15) is 18.5 Å². The fourth-order valence-electron chi connectivity index (χ4n) is 2.19. The molecule has 2 rings (SSSR count). The number of rotatable bonds is 5. The van der Waals surface area contributed by atoms with Crippen LogP contribution in [-0.4, -0.2) is 55.3 Å². The Kier molecular flexibility index (Phi) is 5.38. The van der Waals surface area contributed by atoms with Crippen LogP contribution < -0.4 is 4.74 Å². The van der Waals surface area contributed by atoms with Crippen LogP contribution in [0.25, 0.3) is 0 Å². The van der Waals surface area contributed by atoms with Crippen molar-refractivity contribution >= 4 is 5.71 Å². The van der Waals surface area contributed by atoms with Crippen LogP contribution in [0.15, 0.2) is 29.4 Å². The van der Waals surface area contributed by atoms with E-state index in [1.807, 2.05) is 24.3 Å². The second kappa shape index (κ2) is 7.26. The van der Waals surface area contributed by atoms with E-state index in [2.05, 4.69) is 17.1 Å². The van der Waals surface area contributed by atoms with Crippen molar-refractivity contribution in [3.63, 3.8) is 0 Å². The summed E-state index contributed by atoms with van der Waals surface area (Å²) >= 11 is 0. The van der Waals surface area contributed by atoms with Crippen LogP contribution in [0, 0.1) is 0 Å². The van der Waals surface area contributed by atoms with Crippen LogP contribution in [0.4, 0.5) is 0 Å². The largest absolute Gasteiger partial charge is 0.491 e. The molecule has 0 radical (unpaired) electrons. The second-order valence-electron chi connectivity index (χ2n) is 5.22. The van der Waals surface area contributed by atoms with Gasteiger partial charge in [-0.3, -0.25) is 0 Å². The van der Waals surface area contributed by atoms with E-state index in [0.29, 0.717) is 18.7 Å². The lowest BCUT2D eigenvalue weighted by Crippen LogP contribution is -2.42. The molecular formula is C15H22N2O3. The number of nitrogens with zero attached hydrogens (tertiary/aromatic N) is 2. The van der Waals surface area contributed by atoms with E-state index < -0.39 is 0 Å². The molecule has 0 aliphatic carbocycles. The average Bonchev–Trinajstić information content (AvgIpc) is 2.46. The van der Waals surface area contributed by atoms with Gasteiger partial charge in [-0.25, -0.2) is 0 Å². The second-order valence-corrected chi connectivity index (χ2v) is 5.22. The number of hydrogen-bond donors (Lipinski definition) is 1. The third kappa shape index (κ3) is 4.51. The number of oxime groups is 1. The normalized spacial score (nSPS) is 20.9. The summed E-state index contributed by atoms with van der Waals surface area (Å²) in [6.07, 6.45) is 0.782. The van der Waals surface area contributed by atoms with Gasteiger partial charge in [0, 0.05) is 19.5 Å². The lowest BCUT2D eigenvalue weighted by molar-refractivity contribution is -0.0403. The number of ether oxygens (including phenoxy) is 2. The molecule has 1 fully saturated rings. The van der Waals surface area contributed by atoms with E-state index in [4.69, 9.17) is 14.7 Å². The Morgan fingerprint density at radius 2 is 2.20 bits per heavy atom. The highest BCUT2D eigenvalue weighted by atomic mass is 16.5. The Morgan fingerprint density at radius 3 is 2.85 bits per heavy atom. The van der Waals surface area contributed by atoms with E-state index in [9.17, 15) is 0 Å². The number of benzene rings is 1. The van der Waals surface area contributed by atoms with Gasteiger partial charge in [0.25, 0.3) is 0 Å². The molecule has 1 aromatic carbocycles. The molecule has 1 aliphatic heterocycles. The zero-order chi connectivity index (χ0) is 14.4. The van der Waals surface area contributed by atoms with Crippen LogP contribution in [-0.2, 0) is 11.2 Å². The minimum absolute atomic E-state index is 0.136. The van der Waals surface area contributed by atoms with E-state index in [1.165, 1.54) is 0 Å². The third-order valence-corrected chi connectivity index (χ3v) is 3.33. The van der Waals surface area contributed by atoms with Gasteiger partial charge in [-0.15, -0.1) is 0 Å². The van der Waals surface area contributed by atoms with Gasteiger partial charge in [-0.1, -0.05) is 17.3 Å². The highest BCUT2D eigenvalue weighted by molar-refractivity contribution is 5.83. The first-order valence-corrected chi connectivity index (χ1v) is 6.87. The van der Waals surface area contributed by atoms with Crippen LogP contribution in [0.3, 0.4) is 0 Å². The molecule has 1 unspecified atom stereocenters. The molecular weight excluding hydrogens is 256 g/mol. The summed E-state index contributed by atoms with van der Waals surface area (Å²) in [5, 5.41) is 11.8. The van der Waals surface area contributed by atoms with E-state index in [-0.39, 0.29) is 6.10 Å². The maximum atomic E-state index is 8.65. The molecule has 1 aromatic rings. The third-order valence-electron chi connectivity index (χ3n) is 3.33. The Balaban J connectivity index is 1.81. The minimum atomic E-state index is 0.136. The van der Waals surface area contributed by atoms with Gasteiger partial charge in [0.15, 0.2) is 0 Å². The maximum absolute atomic E-state index is 8.65. The number of likely N-dealkylation sites (N-methyl/N-ethyl adjacent to an activating group) is 1. The highest BCUT2D eigenvalue weighted by Gasteiger charge is 2.18. The number of hydrogen-bond acceptors (Lipinski definition) is 5. The Morgan fingerprint density at radius 1 is 1.45 bits per heavy atom. The lowest BCUT2D eigenvalue weighted by Gasteiger charge is -2.29. The molecule has 1 N–H and O–H groups in total. The first-order chi connectivity index (χ1) is 9.67. The number of morpholine rings is 1. The molecule has 5 nitrogen and oxygen atoms in total. The molecule has 1 heterocycles. The van der Waals surface area contributed by atoms with Crippen LogP contribution in [0.5, 0.6) is 5.75 Å². The molecule has 0 bridgehead atoms. The first-order valence-electron chi connectivity index (χ1n) is 6.87. The summed E-state index contributed by atoms with van der Waals surface area (Å²) in [6.45, 7) is 5.02. The van der Waals surface area contributed by atoms with Gasteiger partial charge in [-0.05, 0) is 31.7 Å². The summed E-state index contributed by atoms with van der Waals surface area (Å²) in [4.78, 5) is 2.25. The van der Waals surface area contributed by atoms with Gasteiger partial charge in [-0.2, -0.15) is 0 Å². The SMILES string of the molecule is C/C(Cc1ccc(OCC2CN(C)CCO2)cc1)=N\O. The van der Waals surface area contributed by atoms with Crippen LogP contribution in [0.1, 0.15) is 12.5 Å². The molecule has 110 valence electrons. The zero-order valence-electron chi connectivity index (χ0n) is 12.1. The smallest absolute Gasteiger partial charge is 0.119 e. The highest BCUT2D eigenvalue weighted by Crippen LogP contribution is 2.14. The van der Waals surface area contributed by atoms with Gasteiger partial charge in [0.2, 0.25) is 0 Å². The zero-order valence-corrected chi connectivity index (χ0v) is 12.1. The fourth-order valence-corrected chi connectivity index (χ4v) is 2.19. The van der Waals surface area contributed by atoms with E-state index >= 15 is 0 Å². The van der Waals surface area contributed by atoms with Crippen molar-refractivity contribution in [3.05, 3.63) is 29.8 Å². The predicted octanol–water partition coefficient (Wildman–Crippen LogP) is 1.79. The molecule has 0 spiro atoms. The lowest BCUT2D eigenvalue weighted by atomic mass is 10.1. The standard InChI is InChI=1S/C15H22N2O3/c1-12(16-18)9-13-3-5-14(6-4-13)20-11-15-10-17(2)7-8-19-15/h3-6,15,18H,7-11H2,1-2H3/b16-12+. The first kappa shape index (κ1) is 14.8. The van der Waals surface area contributed by atoms with Crippen molar-refractivity contribution in [2.24, 2.45) is 5.16 Å². The maximum Gasteiger partial charge on any atom is 0.119 e. The Labute approximate surface area is 119 Å². The van der Waals surface area contributed by atoms with E-state index in [0.717, 1.165) is 31.0 Å². The molecule has 1 saturated heterocycles. The molecule has 0 aromatic heterocycles.